The number of fused-ring (bicyclic) bond motifs is 1. The first kappa shape index (κ1) is 9.09. The van der Waals surface area contributed by atoms with Crippen LogP contribution in [0.1, 0.15) is 6.42 Å². The highest BCUT2D eigenvalue weighted by Gasteiger charge is 2.17. The van der Waals surface area contributed by atoms with E-state index in [4.69, 9.17) is 0 Å². The minimum atomic E-state index is 0.848. The van der Waals surface area contributed by atoms with Crippen LogP contribution in [0.2, 0.25) is 0 Å². The maximum absolute atomic E-state index is 4.56. The Kier molecular flexibility index (Phi) is 2.09. The van der Waals surface area contributed by atoms with Gasteiger partial charge in [0.1, 0.15) is 0 Å². The Hall–Kier alpha value is -1.16. The van der Waals surface area contributed by atoms with E-state index in [1.807, 2.05) is 24.4 Å². The third kappa shape index (κ3) is 1.49. The van der Waals surface area contributed by atoms with Crippen LogP contribution < -0.4 is 4.90 Å². The summed E-state index contributed by atoms with van der Waals surface area (Å²) in [5, 5.41) is 1.08. The van der Waals surface area contributed by atoms with E-state index in [1.165, 1.54) is 6.42 Å². The maximum atomic E-state index is 4.56. The average Bonchev–Trinajstić information content (AvgIpc) is 2.17. The lowest BCUT2D eigenvalue weighted by atomic mass is 10.2. The Morgan fingerprint density at radius 3 is 2.87 bits per heavy atom. The summed E-state index contributed by atoms with van der Waals surface area (Å²) in [6.45, 7) is 2.16. The van der Waals surface area contributed by atoms with Gasteiger partial charge in [-0.05, 0) is 28.4 Å². The van der Waals surface area contributed by atoms with Crippen LogP contribution in [0, 0.1) is 0 Å². The number of anilines is 1. The predicted molar refractivity (Wildman–Crippen MR) is 64.1 cm³/mol. The predicted octanol–water partition coefficient (Wildman–Crippen LogP) is 2.60. The van der Waals surface area contributed by atoms with Crippen LogP contribution in [0.4, 0.5) is 5.95 Å². The highest BCUT2D eigenvalue weighted by atomic mass is 79.9. The molecule has 2 aromatic rings. The summed E-state index contributed by atoms with van der Waals surface area (Å²) in [5.41, 5.74) is 0.995. The Bertz CT molecular complexity index is 508. The van der Waals surface area contributed by atoms with Gasteiger partial charge in [0.25, 0.3) is 0 Å². The monoisotopic (exact) mass is 263 g/mol. The molecular weight excluding hydrogens is 254 g/mol. The van der Waals surface area contributed by atoms with Crippen molar-refractivity contribution in [2.45, 2.75) is 6.42 Å². The van der Waals surface area contributed by atoms with E-state index in [1.54, 1.807) is 0 Å². The largest absolute Gasteiger partial charge is 0.341 e. The van der Waals surface area contributed by atoms with Gasteiger partial charge in [-0.1, -0.05) is 12.1 Å². The van der Waals surface area contributed by atoms with Crippen molar-refractivity contribution in [3.8, 4) is 0 Å². The van der Waals surface area contributed by atoms with Crippen LogP contribution in [0.5, 0.6) is 0 Å². The molecule has 0 N–H and O–H groups in total. The molecule has 0 aliphatic carbocycles. The summed E-state index contributed by atoms with van der Waals surface area (Å²) >= 11 is 3.51. The zero-order valence-electron chi connectivity index (χ0n) is 8.15. The number of rotatable bonds is 1. The van der Waals surface area contributed by atoms with Crippen LogP contribution in [-0.4, -0.2) is 23.1 Å². The summed E-state index contributed by atoms with van der Waals surface area (Å²) in [7, 11) is 0. The molecule has 0 amide bonds. The number of halogens is 1. The zero-order valence-corrected chi connectivity index (χ0v) is 9.74. The minimum absolute atomic E-state index is 0.848. The topological polar surface area (TPSA) is 29.0 Å². The van der Waals surface area contributed by atoms with E-state index < -0.39 is 0 Å². The summed E-state index contributed by atoms with van der Waals surface area (Å²) in [4.78, 5) is 11.1. The Morgan fingerprint density at radius 1 is 1.27 bits per heavy atom. The van der Waals surface area contributed by atoms with E-state index in [-0.39, 0.29) is 0 Å². The highest BCUT2D eigenvalue weighted by molar-refractivity contribution is 9.10. The third-order valence-corrected chi connectivity index (χ3v) is 3.33. The molecule has 3 rings (SSSR count). The molecule has 3 nitrogen and oxygen atoms in total. The van der Waals surface area contributed by atoms with Gasteiger partial charge in [0.2, 0.25) is 5.95 Å². The van der Waals surface area contributed by atoms with Crippen molar-refractivity contribution in [3.05, 3.63) is 28.9 Å². The Morgan fingerprint density at radius 2 is 2.13 bits per heavy atom. The molecule has 1 aliphatic heterocycles. The second-order valence-electron chi connectivity index (χ2n) is 3.69. The van der Waals surface area contributed by atoms with Gasteiger partial charge < -0.3 is 4.90 Å². The third-order valence-electron chi connectivity index (χ3n) is 2.69. The molecular formula is C11H10BrN3. The number of hydrogen-bond donors (Lipinski definition) is 0. The van der Waals surface area contributed by atoms with Crippen LogP contribution in [0.15, 0.2) is 28.9 Å². The molecule has 2 heterocycles. The van der Waals surface area contributed by atoms with Crippen molar-refractivity contribution in [3.63, 3.8) is 0 Å². The van der Waals surface area contributed by atoms with E-state index in [9.17, 15) is 0 Å². The second-order valence-corrected chi connectivity index (χ2v) is 4.54. The lowest BCUT2D eigenvalue weighted by molar-refractivity contribution is 0.601. The van der Waals surface area contributed by atoms with Crippen LogP contribution >= 0.6 is 15.9 Å². The first-order valence-electron chi connectivity index (χ1n) is 5.01. The zero-order chi connectivity index (χ0) is 10.3. The quantitative estimate of drug-likeness (QED) is 0.792. The number of nitrogens with zero attached hydrogens (tertiary/aromatic N) is 3. The average molecular weight is 264 g/mol. The minimum Gasteiger partial charge on any atom is -0.341 e. The molecule has 0 bridgehead atoms. The van der Waals surface area contributed by atoms with E-state index in [0.717, 1.165) is 34.4 Å². The fraction of sp³-hybridized carbons (Fsp3) is 0.273. The van der Waals surface area contributed by atoms with Crippen LogP contribution in [0.25, 0.3) is 10.9 Å². The van der Waals surface area contributed by atoms with Gasteiger partial charge in [0.15, 0.2) is 0 Å². The highest BCUT2D eigenvalue weighted by Crippen LogP contribution is 2.24. The van der Waals surface area contributed by atoms with Gasteiger partial charge in [0, 0.05) is 29.1 Å². The van der Waals surface area contributed by atoms with Crippen molar-refractivity contribution >= 4 is 32.8 Å². The normalized spacial score (nSPS) is 15.4. The molecule has 4 heteroatoms. The first-order chi connectivity index (χ1) is 7.34. The Balaban J connectivity index is 2.15. The molecule has 1 aromatic carbocycles. The molecule has 1 aliphatic rings. The van der Waals surface area contributed by atoms with Gasteiger partial charge in [-0.2, -0.15) is 0 Å². The molecule has 0 spiro atoms. The molecule has 1 saturated heterocycles. The fourth-order valence-corrected chi connectivity index (χ4v) is 2.15. The number of para-hydroxylation sites is 1. The molecule has 0 radical (unpaired) electrons. The van der Waals surface area contributed by atoms with Gasteiger partial charge in [-0.15, -0.1) is 0 Å². The van der Waals surface area contributed by atoms with Crippen molar-refractivity contribution in [1.29, 1.82) is 0 Å². The summed E-state index contributed by atoms with van der Waals surface area (Å²) < 4.78 is 1.03. The van der Waals surface area contributed by atoms with Crippen LogP contribution in [-0.2, 0) is 0 Å². The van der Waals surface area contributed by atoms with Crippen molar-refractivity contribution in [2.24, 2.45) is 0 Å². The molecule has 76 valence electrons. The SMILES string of the molecule is Brc1cccc2cnc(N3CCC3)nc12. The molecule has 0 unspecified atom stereocenters. The lowest BCUT2D eigenvalue weighted by Gasteiger charge is -2.30. The lowest BCUT2D eigenvalue weighted by Crippen LogP contribution is -2.38. The van der Waals surface area contributed by atoms with E-state index >= 15 is 0 Å². The number of benzene rings is 1. The first-order valence-corrected chi connectivity index (χ1v) is 5.80. The summed E-state index contributed by atoms with van der Waals surface area (Å²) in [6.07, 6.45) is 3.14. The maximum Gasteiger partial charge on any atom is 0.225 e. The smallest absolute Gasteiger partial charge is 0.225 e. The standard InChI is InChI=1S/C11H10BrN3/c12-9-4-1-3-8-7-13-11(14-10(8)9)15-5-2-6-15/h1,3-4,7H,2,5-6H2. The van der Waals surface area contributed by atoms with Gasteiger partial charge in [-0.25, -0.2) is 9.97 Å². The molecule has 0 saturated carbocycles. The number of aromatic nitrogens is 2. The number of hydrogen-bond acceptors (Lipinski definition) is 3. The Labute approximate surface area is 96.3 Å². The van der Waals surface area contributed by atoms with E-state index in [0.29, 0.717) is 0 Å². The van der Waals surface area contributed by atoms with Crippen molar-refractivity contribution in [2.75, 3.05) is 18.0 Å². The van der Waals surface area contributed by atoms with Gasteiger partial charge >= 0.3 is 0 Å². The van der Waals surface area contributed by atoms with E-state index in [2.05, 4.69) is 30.8 Å². The second kappa shape index (κ2) is 3.45. The van der Waals surface area contributed by atoms with Crippen molar-refractivity contribution < 1.29 is 0 Å². The molecule has 0 atom stereocenters. The molecule has 1 fully saturated rings. The van der Waals surface area contributed by atoms with Gasteiger partial charge in [0.05, 0.1) is 5.52 Å². The molecule has 15 heavy (non-hydrogen) atoms. The van der Waals surface area contributed by atoms with Gasteiger partial charge in [-0.3, -0.25) is 0 Å². The van der Waals surface area contributed by atoms with Crippen molar-refractivity contribution in [1.82, 2.24) is 9.97 Å². The molecule has 1 aromatic heterocycles. The summed E-state index contributed by atoms with van der Waals surface area (Å²) in [5.74, 6) is 0.848. The summed E-state index contributed by atoms with van der Waals surface area (Å²) in [6, 6.07) is 6.04. The van der Waals surface area contributed by atoms with Crippen LogP contribution in [0.3, 0.4) is 0 Å². The fourth-order valence-electron chi connectivity index (χ4n) is 1.68.